The van der Waals surface area contributed by atoms with Crippen LogP contribution in [-0.4, -0.2) is 44.2 Å². The molecule has 0 spiro atoms. The van der Waals surface area contributed by atoms with Crippen molar-refractivity contribution in [3.63, 3.8) is 0 Å². The van der Waals surface area contributed by atoms with E-state index in [9.17, 15) is 0 Å². The van der Waals surface area contributed by atoms with Gasteiger partial charge in [0.05, 0.1) is 40.1 Å². The van der Waals surface area contributed by atoms with Gasteiger partial charge in [-0.1, -0.05) is 109 Å². The van der Waals surface area contributed by atoms with Gasteiger partial charge >= 0.3 is 0 Å². The molecule has 43 heavy (non-hydrogen) atoms. The standard InChI is InChI=1S/C37H40O6/c1-3-33-35(40-26-31-19-21-32(38-2)22-20-31)37(42-25-30-17-11-6-12-18-30)36(41-24-29-15-9-5-10-16-29)34(43-33)27-39-23-28-13-7-4-8-14-28/h3-22,33-37H,1,23-27H2,2H3/t33-,34+,35-,36-,37+/m0/s1. The summed E-state index contributed by atoms with van der Waals surface area (Å²) in [4.78, 5) is 0. The van der Waals surface area contributed by atoms with Crippen LogP contribution in [0.2, 0.25) is 0 Å². The number of rotatable bonds is 15. The van der Waals surface area contributed by atoms with E-state index in [0.717, 1.165) is 28.0 Å². The maximum Gasteiger partial charge on any atom is 0.118 e. The van der Waals surface area contributed by atoms with Crippen LogP contribution >= 0.6 is 0 Å². The Balaban J connectivity index is 1.39. The Hall–Kier alpha value is -3.78. The van der Waals surface area contributed by atoms with E-state index in [2.05, 4.69) is 30.8 Å². The third-order valence-corrected chi connectivity index (χ3v) is 7.47. The third kappa shape index (κ3) is 8.86. The smallest absolute Gasteiger partial charge is 0.118 e. The minimum Gasteiger partial charge on any atom is -0.497 e. The molecule has 1 fully saturated rings. The van der Waals surface area contributed by atoms with E-state index >= 15 is 0 Å². The van der Waals surface area contributed by atoms with Gasteiger partial charge in [0.15, 0.2) is 0 Å². The van der Waals surface area contributed by atoms with Gasteiger partial charge in [0.1, 0.15) is 36.3 Å². The molecule has 1 aliphatic heterocycles. The first-order chi connectivity index (χ1) is 21.2. The van der Waals surface area contributed by atoms with Crippen LogP contribution in [0, 0.1) is 0 Å². The van der Waals surface area contributed by atoms with Crippen molar-refractivity contribution in [2.45, 2.75) is 56.9 Å². The largest absolute Gasteiger partial charge is 0.497 e. The molecule has 0 N–H and O–H groups in total. The van der Waals surface area contributed by atoms with E-state index in [1.54, 1.807) is 13.2 Å². The molecule has 0 aliphatic carbocycles. The second-order valence-corrected chi connectivity index (χ2v) is 10.5. The zero-order valence-corrected chi connectivity index (χ0v) is 24.6. The van der Waals surface area contributed by atoms with Crippen molar-refractivity contribution in [1.82, 2.24) is 0 Å². The van der Waals surface area contributed by atoms with Gasteiger partial charge in [-0.25, -0.2) is 0 Å². The number of ether oxygens (including phenoxy) is 6. The van der Waals surface area contributed by atoms with Crippen LogP contribution in [0.15, 0.2) is 128 Å². The summed E-state index contributed by atoms with van der Waals surface area (Å²) in [6.07, 6.45) is -0.428. The molecule has 0 saturated carbocycles. The van der Waals surface area contributed by atoms with Crippen LogP contribution in [0.5, 0.6) is 5.75 Å². The molecule has 1 saturated heterocycles. The van der Waals surface area contributed by atoms with Crippen molar-refractivity contribution < 1.29 is 28.4 Å². The Kier molecular flexibility index (Phi) is 11.5. The Labute approximate surface area is 254 Å². The van der Waals surface area contributed by atoms with Gasteiger partial charge in [-0.05, 0) is 34.4 Å². The van der Waals surface area contributed by atoms with Gasteiger partial charge in [0.2, 0.25) is 0 Å². The van der Waals surface area contributed by atoms with E-state index in [4.69, 9.17) is 28.4 Å². The number of hydrogen-bond acceptors (Lipinski definition) is 6. The van der Waals surface area contributed by atoms with Crippen molar-refractivity contribution in [1.29, 1.82) is 0 Å². The zero-order valence-electron chi connectivity index (χ0n) is 24.6. The van der Waals surface area contributed by atoms with E-state index < -0.39 is 30.5 Å². The average Bonchev–Trinajstić information content (AvgIpc) is 3.07. The highest BCUT2D eigenvalue weighted by molar-refractivity contribution is 5.26. The molecule has 6 heteroatoms. The SMILES string of the molecule is C=C[C@@H]1O[C@H](COCc2ccccc2)[C@H](OCc2ccccc2)[C@H](OCc2ccccc2)[C@H]1OCc1ccc(OC)cc1. The lowest BCUT2D eigenvalue weighted by Crippen LogP contribution is -2.60. The molecule has 1 heterocycles. The molecule has 0 unspecified atom stereocenters. The molecular weight excluding hydrogens is 540 g/mol. The lowest BCUT2D eigenvalue weighted by Gasteiger charge is -2.45. The minimum atomic E-state index is -0.463. The summed E-state index contributed by atoms with van der Waals surface area (Å²) in [6.45, 7) is 6.06. The molecule has 0 radical (unpaired) electrons. The van der Waals surface area contributed by atoms with Gasteiger partial charge in [-0.3, -0.25) is 0 Å². The minimum absolute atomic E-state index is 0.328. The van der Waals surface area contributed by atoms with Crippen molar-refractivity contribution in [3.8, 4) is 5.75 Å². The molecule has 4 aromatic carbocycles. The first-order valence-electron chi connectivity index (χ1n) is 14.7. The first kappa shape index (κ1) is 30.7. The predicted octanol–water partition coefficient (Wildman–Crippen LogP) is 6.92. The summed E-state index contributed by atoms with van der Waals surface area (Å²) in [6, 6.07) is 38.2. The van der Waals surface area contributed by atoms with Crippen LogP contribution < -0.4 is 4.74 Å². The summed E-state index contributed by atoms with van der Waals surface area (Å²) in [5.41, 5.74) is 4.24. The fourth-order valence-electron chi connectivity index (χ4n) is 5.16. The molecule has 5 rings (SSSR count). The number of hydrogen-bond donors (Lipinski definition) is 0. The molecule has 0 amide bonds. The molecule has 1 aliphatic rings. The summed E-state index contributed by atoms with van der Waals surface area (Å²) < 4.78 is 38.0. The van der Waals surface area contributed by atoms with E-state index in [-0.39, 0.29) is 0 Å². The summed E-state index contributed by atoms with van der Waals surface area (Å²) in [5.74, 6) is 0.797. The number of methoxy groups -OCH3 is 1. The highest BCUT2D eigenvalue weighted by Crippen LogP contribution is 2.31. The van der Waals surface area contributed by atoms with E-state index in [1.807, 2.05) is 91.0 Å². The average molecular weight is 581 g/mol. The Bertz CT molecular complexity index is 1350. The monoisotopic (exact) mass is 580 g/mol. The van der Waals surface area contributed by atoms with Crippen molar-refractivity contribution in [3.05, 3.63) is 150 Å². The highest BCUT2D eigenvalue weighted by Gasteiger charge is 2.47. The molecule has 5 atom stereocenters. The van der Waals surface area contributed by atoms with Crippen molar-refractivity contribution in [2.75, 3.05) is 13.7 Å². The van der Waals surface area contributed by atoms with Crippen molar-refractivity contribution in [2.24, 2.45) is 0 Å². The lowest BCUT2D eigenvalue weighted by atomic mass is 9.94. The predicted molar refractivity (Wildman–Crippen MR) is 167 cm³/mol. The van der Waals surface area contributed by atoms with Gasteiger partial charge in [0, 0.05) is 0 Å². The molecule has 6 nitrogen and oxygen atoms in total. The van der Waals surface area contributed by atoms with Gasteiger partial charge in [-0.2, -0.15) is 0 Å². The quantitative estimate of drug-likeness (QED) is 0.142. The zero-order chi connectivity index (χ0) is 29.7. The summed E-state index contributed by atoms with van der Waals surface area (Å²) in [7, 11) is 1.66. The van der Waals surface area contributed by atoms with Gasteiger partial charge in [0.25, 0.3) is 0 Å². The third-order valence-electron chi connectivity index (χ3n) is 7.47. The van der Waals surface area contributed by atoms with Crippen LogP contribution in [0.25, 0.3) is 0 Å². The van der Waals surface area contributed by atoms with Crippen LogP contribution in [0.1, 0.15) is 22.3 Å². The maximum atomic E-state index is 6.68. The molecular formula is C37H40O6. The molecule has 224 valence electrons. The topological polar surface area (TPSA) is 55.4 Å². The fraction of sp³-hybridized carbons (Fsp3) is 0.297. The lowest BCUT2D eigenvalue weighted by molar-refractivity contribution is -0.263. The second-order valence-electron chi connectivity index (χ2n) is 10.5. The second kappa shape index (κ2) is 16.2. The van der Waals surface area contributed by atoms with Crippen molar-refractivity contribution >= 4 is 0 Å². The summed E-state index contributed by atoms with van der Waals surface area (Å²) in [5, 5.41) is 0. The van der Waals surface area contributed by atoms with E-state index in [0.29, 0.717) is 33.0 Å². The Morgan fingerprint density at radius 3 is 1.56 bits per heavy atom. The Morgan fingerprint density at radius 2 is 1.05 bits per heavy atom. The molecule has 0 bridgehead atoms. The van der Waals surface area contributed by atoms with Crippen LogP contribution in [0.3, 0.4) is 0 Å². The summed E-state index contributed by atoms with van der Waals surface area (Å²) >= 11 is 0. The molecule has 4 aromatic rings. The maximum absolute atomic E-state index is 6.68. The Morgan fingerprint density at radius 1 is 0.581 bits per heavy atom. The molecule has 0 aromatic heterocycles. The number of benzene rings is 4. The first-order valence-corrected chi connectivity index (χ1v) is 14.7. The van der Waals surface area contributed by atoms with Gasteiger partial charge in [-0.15, -0.1) is 6.58 Å². The van der Waals surface area contributed by atoms with E-state index in [1.165, 1.54) is 0 Å². The van der Waals surface area contributed by atoms with Gasteiger partial charge < -0.3 is 28.4 Å². The highest BCUT2D eigenvalue weighted by atomic mass is 16.6. The van der Waals surface area contributed by atoms with Crippen LogP contribution in [-0.2, 0) is 50.1 Å². The fourth-order valence-corrected chi connectivity index (χ4v) is 5.16. The normalized spacial score (nSPS) is 21.7. The van der Waals surface area contributed by atoms with Crippen LogP contribution in [0.4, 0.5) is 0 Å².